The molecule has 1 fully saturated rings. The highest BCUT2D eigenvalue weighted by Gasteiger charge is 2.34. The highest BCUT2D eigenvalue weighted by molar-refractivity contribution is 7.23. The van der Waals surface area contributed by atoms with Crippen molar-refractivity contribution < 1.29 is 18.3 Å². The van der Waals surface area contributed by atoms with Crippen LogP contribution in [0, 0.1) is 23.0 Å². The van der Waals surface area contributed by atoms with Gasteiger partial charge in [0.05, 0.1) is 40.6 Å². The molecule has 5 aromatic rings. The number of thiophene rings is 1. The average Bonchev–Trinajstić information content (AvgIpc) is 3.62. The van der Waals surface area contributed by atoms with Crippen LogP contribution < -0.4 is 21.1 Å². The first-order chi connectivity index (χ1) is 21.5. The lowest BCUT2D eigenvalue weighted by atomic mass is 9.97. The number of aromatic nitrogens is 3. The molecule has 4 heterocycles. The second kappa shape index (κ2) is 11.9. The number of hydrogen-bond donors (Lipinski definition) is 2. The van der Waals surface area contributed by atoms with Crippen molar-refractivity contribution in [2.24, 2.45) is 0 Å². The van der Waals surface area contributed by atoms with Gasteiger partial charge < -0.3 is 30.7 Å². The molecular formula is C31H29ClF2N8O2S. The minimum Gasteiger partial charge on any atom is -0.456 e. The standard InChI is InChI=1S/C31H29ClF2N8O2S/c1-14(15-6-5-9-38-28(15)36)42(4)30-17-10-19(32)24(16-7-8-20(33)27-23(16)18(11-35)29(37)45-27)25(34)26(17)39-31(40-30)44-22-13-43-12-21(22)41(2)3/h5-10,14,21-22H,12-13,37H2,1-4H3,(H2,36,38)/t14-,21-,22-/m1/s1. The number of pyridine rings is 1. The summed E-state index contributed by atoms with van der Waals surface area (Å²) in [5.74, 6) is -0.690. The Bertz CT molecular complexity index is 2000. The fourth-order valence-electron chi connectivity index (χ4n) is 5.67. The lowest BCUT2D eigenvalue weighted by Crippen LogP contribution is -2.41. The van der Waals surface area contributed by atoms with E-state index in [1.165, 1.54) is 12.1 Å². The van der Waals surface area contributed by atoms with Crippen molar-refractivity contribution in [1.82, 2.24) is 19.9 Å². The second-order valence-electron chi connectivity index (χ2n) is 11.0. The van der Waals surface area contributed by atoms with Crippen molar-refractivity contribution in [1.29, 1.82) is 5.26 Å². The predicted octanol–water partition coefficient (Wildman–Crippen LogP) is 5.78. The van der Waals surface area contributed by atoms with Gasteiger partial charge in [-0.05, 0) is 44.8 Å². The molecule has 0 unspecified atom stereocenters. The van der Waals surface area contributed by atoms with Crippen LogP contribution >= 0.6 is 22.9 Å². The van der Waals surface area contributed by atoms with Gasteiger partial charge in [0, 0.05) is 35.1 Å². The van der Waals surface area contributed by atoms with Crippen molar-refractivity contribution in [2.75, 3.05) is 50.7 Å². The van der Waals surface area contributed by atoms with Crippen molar-refractivity contribution in [3.05, 3.63) is 64.3 Å². The van der Waals surface area contributed by atoms with E-state index in [1.54, 1.807) is 25.4 Å². The fraction of sp³-hybridized carbons (Fsp3) is 0.290. The Balaban J connectivity index is 1.59. The molecule has 0 aliphatic carbocycles. The number of nitriles is 1. The van der Waals surface area contributed by atoms with E-state index in [0.717, 1.165) is 16.9 Å². The van der Waals surface area contributed by atoms with E-state index in [2.05, 4.69) is 9.97 Å². The van der Waals surface area contributed by atoms with E-state index in [1.807, 2.05) is 43.0 Å². The molecule has 2 aromatic carbocycles. The summed E-state index contributed by atoms with van der Waals surface area (Å²) in [6.07, 6.45) is 1.19. The van der Waals surface area contributed by atoms with E-state index in [0.29, 0.717) is 30.2 Å². The summed E-state index contributed by atoms with van der Waals surface area (Å²) in [4.78, 5) is 17.3. The number of halogens is 3. The van der Waals surface area contributed by atoms with Gasteiger partial charge >= 0.3 is 6.01 Å². The Labute approximate surface area is 266 Å². The molecule has 1 aliphatic rings. The highest BCUT2D eigenvalue weighted by Crippen LogP contribution is 2.46. The maximum atomic E-state index is 16.9. The highest BCUT2D eigenvalue weighted by atomic mass is 35.5. The van der Waals surface area contributed by atoms with Crippen LogP contribution in [-0.2, 0) is 4.74 Å². The zero-order valence-electron chi connectivity index (χ0n) is 24.8. The first-order valence-corrected chi connectivity index (χ1v) is 15.2. The zero-order chi connectivity index (χ0) is 32.2. The summed E-state index contributed by atoms with van der Waals surface area (Å²) < 4.78 is 43.8. The topological polar surface area (TPSA) is 139 Å². The van der Waals surface area contributed by atoms with Crippen molar-refractivity contribution >= 4 is 60.6 Å². The maximum Gasteiger partial charge on any atom is 0.319 e. The van der Waals surface area contributed by atoms with Gasteiger partial charge in [0.25, 0.3) is 0 Å². The summed E-state index contributed by atoms with van der Waals surface area (Å²) in [5, 5.41) is 10.5. The smallest absolute Gasteiger partial charge is 0.319 e. The Morgan fingerprint density at radius 3 is 2.67 bits per heavy atom. The minimum atomic E-state index is -0.790. The van der Waals surface area contributed by atoms with E-state index >= 15 is 4.39 Å². The van der Waals surface area contributed by atoms with Crippen LogP contribution in [-0.4, -0.2) is 66.4 Å². The zero-order valence-corrected chi connectivity index (χ0v) is 26.4. The van der Waals surface area contributed by atoms with E-state index in [-0.39, 0.29) is 60.4 Å². The number of anilines is 3. The number of fused-ring (bicyclic) bond motifs is 2. The third-order valence-electron chi connectivity index (χ3n) is 8.20. The molecule has 10 nitrogen and oxygen atoms in total. The van der Waals surface area contributed by atoms with Crippen molar-refractivity contribution in [2.45, 2.75) is 25.1 Å². The summed E-state index contributed by atoms with van der Waals surface area (Å²) in [5.41, 5.74) is 13.1. The quantitative estimate of drug-likeness (QED) is 0.223. The van der Waals surface area contributed by atoms with Gasteiger partial charge in [0.2, 0.25) is 0 Å². The number of rotatable bonds is 7. The van der Waals surface area contributed by atoms with Crippen LogP contribution in [0.5, 0.6) is 6.01 Å². The Morgan fingerprint density at radius 2 is 1.96 bits per heavy atom. The minimum absolute atomic E-state index is 0.0129. The number of nitrogen functional groups attached to an aromatic ring is 2. The van der Waals surface area contributed by atoms with Crippen LogP contribution in [0.15, 0.2) is 36.5 Å². The van der Waals surface area contributed by atoms with Gasteiger partial charge in [-0.15, -0.1) is 11.3 Å². The van der Waals surface area contributed by atoms with Crippen LogP contribution in [0.25, 0.3) is 32.1 Å². The second-order valence-corrected chi connectivity index (χ2v) is 12.5. The lowest BCUT2D eigenvalue weighted by Gasteiger charge is -2.29. The molecule has 45 heavy (non-hydrogen) atoms. The summed E-state index contributed by atoms with van der Waals surface area (Å²) >= 11 is 7.73. The molecule has 4 N–H and O–H groups in total. The molecule has 3 aromatic heterocycles. The summed E-state index contributed by atoms with van der Waals surface area (Å²) in [6.45, 7) is 2.67. The number of nitrogens with two attached hydrogens (primary N) is 2. The lowest BCUT2D eigenvalue weighted by molar-refractivity contribution is 0.117. The average molecular weight is 651 g/mol. The van der Waals surface area contributed by atoms with E-state index in [4.69, 9.17) is 37.5 Å². The molecule has 0 spiro atoms. The first-order valence-electron chi connectivity index (χ1n) is 14.0. The van der Waals surface area contributed by atoms with E-state index in [9.17, 15) is 9.65 Å². The molecule has 14 heteroatoms. The molecule has 3 atom stereocenters. The maximum absolute atomic E-state index is 16.9. The van der Waals surface area contributed by atoms with Crippen LogP contribution in [0.4, 0.5) is 25.4 Å². The van der Waals surface area contributed by atoms with E-state index < -0.39 is 17.7 Å². The fourth-order valence-corrected chi connectivity index (χ4v) is 6.91. The SMILES string of the molecule is C[C@H](c1cccnc1N)N(C)c1nc(O[C@@H]2COC[C@H]2N(C)C)nc2c(F)c(-c3ccc(F)c4sc(N)c(C#N)c34)c(Cl)cc12. The normalized spacial score (nSPS) is 17.2. The monoisotopic (exact) mass is 650 g/mol. The number of benzene rings is 2. The molecule has 0 radical (unpaired) electrons. The molecule has 0 saturated carbocycles. The first kappa shape index (κ1) is 30.7. The number of nitrogens with zero attached hydrogens (tertiary/aromatic N) is 6. The summed E-state index contributed by atoms with van der Waals surface area (Å²) in [7, 11) is 5.63. The Hall–Kier alpha value is -4.35. The molecular weight excluding hydrogens is 622 g/mol. The molecule has 1 aliphatic heterocycles. The Morgan fingerprint density at radius 1 is 1.18 bits per heavy atom. The van der Waals surface area contributed by atoms with Gasteiger partial charge in [-0.1, -0.05) is 23.7 Å². The third kappa shape index (κ3) is 5.23. The predicted molar refractivity (Wildman–Crippen MR) is 173 cm³/mol. The number of hydrogen-bond acceptors (Lipinski definition) is 11. The van der Waals surface area contributed by atoms with Crippen LogP contribution in [0.2, 0.25) is 5.02 Å². The van der Waals surface area contributed by atoms with Crippen LogP contribution in [0.1, 0.15) is 24.1 Å². The van der Waals surface area contributed by atoms with Gasteiger partial charge in [-0.3, -0.25) is 0 Å². The van der Waals surface area contributed by atoms with Crippen molar-refractivity contribution in [3.8, 4) is 23.2 Å². The number of ether oxygens (including phenoxy) is 2. The molecule has 232 valence electrons. The third-order valence-corrected chi connectivity index (χ3v) is 9.52. The Kier molecular flexibility index (Phi) is 8.09. The molecule has 0 bridgehead atoms. The molecule has 6 rings (SSSR count). The largest absolute Gasteiger partial charge is 0.456 e. The van der Waals surface area contributed by atoms with Crippen molar-refractivity contribution in [3.63, 3.8) is 0 Å². The van der Waals surface area contributed by atoms with Gasteiger partial charge in [-0.2, -0.15) is 15.2 Å². The van der Waals surface area contributed by atoms with Gasteiger partial charge in [0.1, 0.15) is 40.1 Å². The summed E-state index contributed by atoms with van der Waals surface area (Å²) in [6, 6.07) is 9.31. The number of likely N-dealkylation sites (N-methyl/N-ethyl adjacent to an activating group) is 1. The van der Waals surface area contributed by atoms with Crippen LogP contribution in [0.3, 0.4) is 0 Å². The van der Waals surface area contributed by atoms with Gasteiger partial charge in [0.15, 0.2) is 5.82 Å². The molecule has 1 saturated heterocycles. The molecule has 0 amide bonds. The van der Waals surface area contributed by atoms with Gasteiger partial charge in [-0.25, -0.2) is 13.8 Å².